The number of nitrogens with two attached hydrogens (primary N) is 1. The van der Waals surface area contributed by atoms with Crippen molar-refractivity contribution in [3.05, 3.63) is 132 Å². The summed E-state index contributed by atoms with van der Waals surface area (Å²) >= 11 is 0. The molecule has 242 valence electrons. The standard InChI is InChI=1S/C18H17N3O2.C12H14N2O2.C6H5NO.K.H/c1-23-18(22)15-10-13-12-4-2-3-5-14(12)20-17(13)16(21-15)11-6-8-19-9-7-11;1-16-12(15)10(13)6-8-7-14-11-5-3-2-4-9(8)11;8-5-6-1-3-7-4-2-6;;/h2-9,15-16,20-21H,10H2,1H3;2-5,7,10,14H,6,13H2,1H3;1-5H;;/q;;;+1;-1/t15-,16?;10-;;;/m00.../s1. The number of aromatic amines is 2. The molecule has 2 aromatic carbocycles. The van der Waals surface area contributed by atoms with Gasteiger partial charge in [-0.3, -0.25) is 29.7 Å². The Labute approximate surface area is 321 Å². The van der Waals surface area contributed by atoms with Gasteiger partial charge in [0.15, 0.2) is 0 Å². The second-order valence-corrected chi connectivity index (χ2v) is 10.8. The number of hydrogen-bond acceptors (Lipinski definition) is 9. The van der Waals surface area contributed by atoms with Crippen molar-refractivity contribution < 1.29 is 76.7 Å². The third-order valence-corrected chi connectivity index (χ3v) is 7.90. The monoisotopic (exact) mass is 672 g/mol. The fourth-order valence-corrected chi connectivity index (χ4v) is 5.56. The van der Waals surface area contributed by atoms with Crippen molar-refractivity contribution >= 4 is 40.0 Å². The van der Waals surface area contributed by atoms with Gasteiger partial charge in [-0.05, 0) is 53.1 Å². The van der Waals surface area contributed by atoms with Gasteiger partial charge in [0.05, 0.1) is 20.3 Å². The number of carbonyl (C=O) groups is 3. The molecule has 0 fully saturated rings. The minimum atomic E-state index is -0.607. The van der Waals surface area contributed by atoms with Crippen molar-refractivity contribution in [3.63, 3.8) is 0 Å². The summed E-state index contributed by atoms with van der Waals surface area (Å²) in [5.74, 6) is -0.620. The average Bonchev–Trinajstić information content (AvgIpc) is 3.73. The number of aldehydes is 1. The van der Waals surface area contributed by atoms with Crippen LogP contribution in [0.25, 0.3) is 21.8 Å². The molecule has 0 radical (unpaired) electrons. The van der Waals surface area contributed by atoms with Gasteiger partial charge in [-0.15, -0.1) is 0 Å². The van der Waals surface area contributed by atoms with E-state index in [2.05, 4.69) is 42.1 Å². The zero-order valence-electron chi connectivity index (χ0n) is 28.1. The van der Waals surface area contributed by atoms with Gasteiger partial charge in [-0.1, -0.05) is 36.4 Å². The summed E-state index contributed by atoms with van der Waals surface area (Å²) in [7, 11) is 2.77. The SMILES string of the molecule is COC(=O)[C@@H](N)Cc1c[nH]c2ccccc12.COC(=O)[C@@H]1Cc2c([nH]c3ccccc23)C(c2ccncc2)N1.O=Cc1ccncc1.[H-].[K+]. The van der Waals surface area contributed by atoms with Crippen LogP contribution in [0, 0.1) is 0 Å². The molecule has 0 aliphatic carbocycles. The number of hydrogen-bond donors (Lipinski definition) is 4. The molecule has 0 spiro atoms. The maximum Gasteiger partial charge on any atom is 1.00 e. The van der Waals surface area contributed by atoms with E-state index in [0.29, 0.717) is 18.4 Å². The first-order valence-electron chi connectivity index (χ1n) is 15.0. The second-order valence-electron chi connectivity index (χ2n) is 10.8. The number of methoxy groups -OCH3 is 2. The Kier molecular flexibility index (Phi) is 13.8. The van der Waals surface area contributed by atoms with Crippen LogP contribution < -0.4 is 62.4 Å². The molecule has 1 aliphatic heterocycles. The number of aromatic nitrogens is 4. The molecule has 0 bridgehead atoms. The van der Waals surface area contributed by atoms with E-state index in [1.807, 2.05) is 54.7 Å². The second kappa shape index (κ2) is 17.9. The number of H-pyrrole nitrogens is 2. The average molecular weight is 673 g/mol. The normalized spacial score (nSPS) is 15.3. The number of fused-ring (bicyclic) bond motifs is 4. The van der Waals surface area contributed by atoms with Gasteiger partial charge in [0.1, 0.15) is 18.4 Å². The third kappa shape index (κ3) is 8.91. The van der Waals surface area contributed by atoms with E-state index in [9.17, 15) is 14.4 Å². The molecule has 3 atom stereocenters. The molecule has 11 nitrogen and oxygen atoms in total. The number of nitrogens with one attached hydrogen (secondary N) is 3. The number of benzene rings is 2. The van der Waals surface area contributed by atoms with Crippen molar-refractivity contribution in [1.29, 1.82) is 0 Å². The Morgan fingerprint density at radius 1 is 0.917 bits per heavy atom. The summed E-state index contributed by atoms with van der Waals surface area (Å²) in [6.45, 7) is 0. The first-order chi connectivity index (χ1) is 22.9. The summed E-state index contributed by atoms with van der Waals surface area (Å²) in [6, 6.07) is 22.3. The molecule has 1 aliphatic rings. The zero-order chi connectivity index (χ0) is 33.2. The zero-order valence-corrected chi connectivity index (χ0v) is 30.2. The van der Waals surface area contributed by atoms with Crippen LogP contribution in [0.4, 0.5) is 0 Å². The van der Waals surface area contributed by atoms with Crippen LogP contribution in [0.3, 0.4) is 0 Å². The predicted octanol–water partition coefficient (Wildman–Crippen LogP) is 1.56. The van der Waals surface area contributed by atoms with Crippen molar-refractivity contribution in [3.8, 4) is 0 Å². The number of nitrogens with zero attached hydrogens (tertiary/aromatic N) is 2. The summed E-state index contributed by atoms with van der Waals surface area (Å²) in [6.07, 6.45) is 10.5. The van der Waals surface area contributed by atoms with Crippen LogP contribution in [0.15, 0.2) is 104 Å². The molecule has 6 aromatic rings. The quantitative estimate of drug-likeness (QED) is 0.117. The molecule has 0 saturated carbocycles. The van der Waals surface area contributed by atoms with Crippen molar-refractivity contribution in [2.45, 2.75) is 31.0 Å². The minimum Gasteiger partial charge on any atom is -1.00 e. The number of para-hydroxylation sites is 2. The molecule has 12 heteroatoms. The van der Waals surface area contributed by atoms with E-state index in [0.717, 1.165) is 44.9 Å². The number of carbonyl (C=O) groups excluding carboxylic acids is 3. The van der Waals surface area contributed by atoms with E-state index in [1.54, 1.807) is 36.9 Å². The Hall–Kier alpha value is -4.01. The van der Waals surface area contributed by atoms with Gasteiger partial charge in [-0.25, -0.2) is 0 Å². The maximum absolute atomic E-state index is 12.1. The van der Waals surface area contributed by atoms with Crippen molar-refractivity contribution in [2.75, 3.05) is 14.2 Å². The molecule has 5 N–H and O–H groups in total. The van der Waals surface area contributed by atoms with Gasteiger partial charge in [0, 0.05) is 76.9 Å². The van der Waals surface area contributed by atoms with E-state index >= 15 is 0 Å². The summed E-state index contributed by atoms with van der Waals surface area (Å²) in [4.78, 5) is 47.8. The van der Waals surface area contributed by atoms with Crippen molar-refractivity contribution in [1.82, 2.24) is 25.3 Å². The molecular formula is C36H37KN6O5. The van der Waals surface area contributed by atoms with Gasteiger partial charge in [-0.2, -0.15) is 0 Å². The van der Waals surface area contributed by atoms with Gasteiger partial charge < -0.3 is 26.6 Å². The number of ether oxygens (including phenoxy) is 2. The number of esters is 2. The molecule has 0 saturated heterocycles. The molecule has 7 rings (SSSR count). The Bertz CT molecular complexity index is 1950. The van der Waals surface area contributed by atoms with E-state index < -0.39 is 6.04 Å². The van der Waals surface area contributed by atoms with Crippen LogP contribution in [-0.4, -0.2) is 64.5 Å². The number of pyridine rings is 2. The Morgan fingerprint density at radius 3 is 2.17 bits per heavy atom. The van der Waals surface area contributed by atoms with E-state index in [4.69, 9.17) is 10.5 Å². The number of rotatable bonds is 6. The van der Waals surface area contributed by atoms with Crippen LogP contribution in [0.1, 0.15) is 40.2 Å². The minimum absolute atomic E-state index is 0. The Balaban J connectivity index is 0.000000218. The van der Waals surface area contributed by atoms with Crippen LogP contribution in [-0.2, 0) is 31.9 Å². The summed E-state index contributed by atoms with van der Waals surface area (Å²) in [5.41, 5.74) is 12.9. The molecule has 1 unspecified atom stereocenters. The fourth-order valence-electron chi connectivity index (χ4n) is 5.56. The smallest absolute Gasteiger partial charge is 1.00 e. The molecular weight excluding hydrogens is 636 g/mol. The molecule has 5 heterocycles. The fraction of sp³-hybridized carbons (Fsp3) is 0.194. The molecule has 48 heavy (non-hydrogen) atoms. The van der Waals surface area contributed by atoms with Gasteiger partial charge in [0.25, 0.3) is 0 Å². The summed E-state index contributed by atoms with van der Waals surface area (Å²) in [5, 5.41) is 5.67. The summed E-state index contributed by atoms with van der Waals surface area (Å²) < 4.78 is 9.55. The van der Waals surface area contributed by atoms with Crippen LogP contribution in [0.5, 0.6) is 0 Å². The molecule has 4 aromatic heterocycles. The van der Waals surface area contributed by atoms with E-state index in [-0.39, 0.29) is 76.8 Å². The van der Waals surface area contributed by atoms with Crippen LogP contribution >= 0.6 is 0 Å². The largest absolute Gasteiger partial charge is 1.00 e. The first-order valence-corrected chi connectivity index (χ1v) is 15.0. The van der Waals surface area contributed by atoms with Gasteiger partial charge >= 0.3 is 63.3 Å². The first kappa shape index (κ1) is 36.8. The van der Waals surface area contributed by atoms with Crippen LogP contribution in [0.2, 0.25) is 0 Å². The van der Waals surface area contributed by atoms with Gasteiger partial charge in [0.2, 0.25) is 0 Å². The molecule has 0 amide bonds. The van der Waals surface area contributed by atoms with E-state index in [1.165, 1.54) is 19.8 Å². The van der Waals surface area contributed by atoms with Crippen molar-refractivity contribution in [2.24, 2.45) is 5.73 Å². The Morgan fingerprint density at radius 2 is 1.54 bits per heavy atom. The third-order valence-electron chi connectivity index (χ3n) is 7.90. The maximum atomic E-state index is 12.1. The predicted molar refractivity (Wildman–Crippen MR) is 180 cm³/mol. The topological polar surface area (TPSA) is 165 Å².